The molecule has 6 heteroatoms. The Bertz CT molecular complexity index is 611. The van der Waals surface area contributed by atoms with Crippen LogP contribution in [0.5, 0.6) is 0 Å². The van der Waals surface area contributed by atoms with Crippen LogP contribution in [0.1, 0.15) is 38.8 Å². The van der Waals surface area contributed by atoms with Gasteiger partial charge in [-0.05, 0) is 55.3 Å². The predicted molar refractivity (Wildman–Crippen MR) is 83.5 cm³/mol. The molecule has 1 heterocycles. The molecule has 0 fully saturated rings. The quantitative estimate of drug-likeness (QED) is 0.513. The van der Waals surface area contributed by atoms with Crippen LogP contribution >= 0.6 is 15.9 Å². The molecule has 1 aliphatic heterocycles. The first-order valence-corrected chi connectivity index (χ1v) is 7.79. The first-order chi connectivity index (χ1) is 10.2. The Kier molecular flexibility index (Phi) is 4.90. The van der Waals surface area contributed by atoms with Gasteiger partial charge in [0.05, 0.1) is 10.5 Å². The van der Waals surface area contributed by atoms with E-state index in [1.54, 1.807) is 26.8 Å². The number of benzene rings is 1. The number of carbonyl (C=O) groups excluding carboxylic acids is 1. The van der Waals surface area contributed by atoms with Crippen molar-refractivity contribution in [2.75, 3.05) is 6.54 Å². The van der Waals surface area contributed by atoms with Crippen molar-refractivity contribution in [2.45, 2.75) is 38.8 Å². The second-order valence-corrected chi connectivity index (χ2v) is 6.98. The molecular weight excluding hydrogens is 356 g/mol. The van der Waals surface area contributed by atoms with E-state index in [-0.39, 0.29) is 10.0 Å². The summed E-state index contributed by atoms with van der Waals surface area (Å²) in [5.41, 5.74) is -0.533. The third-order valence-electron chi connectivity index (χ3n) is 3.18. The molecule has 0 saturated heterocycles. The van der Waals surface area contributed by atoms with Crippen molar-refractivity contribution < 1.29 is 18.3 Å². The smallest absolute Gasteiger partial charge is 0.411 e. The minimum atomic E-state index is -0.675. The van der Waals surface area contributed by atoms with Crippen molar-refractivity contribution in [1.29, 1.82) is 0 Å². The van der Waals surface area contributed by atoms with Crippen LogP contribution in [0, 0.1) is 11.6 Å². The van der Waals surface area contributed by atoms with Crippen LogP contribution in [0.15, 0.2) is 28.8 Å². The van der Waals surface area contributed by atoms with Gasteiger partial charge in [-0.25, -0.2) is 13.6 Å². The molecule has 0 N–H and O–H groups in total. The van der Waals surface area contributed by atoms with Crippen molar-refractivity contribution in [2.24, 2.45) is 0 Å². The summed E-state index contributed by atoms with van der Waals surface area (Å²) >= 11 is 2.95. The molecule has 0 aliphatic carbocycles. The zero-order chi connectivity index (χ0) is 16.5. The van der Waals surface area contributed by atoms with Crippen LogP contribution < -0.4 is 0 Å². The van der Waals surface area contributed by atoms with Gasteiger partial charge in [-0.1, -0.05) is 12.2 Å². The molecule has 1 aromatic carbocycles. The van der Waals surface area contributed by atoms with Gasteiger partial charge in [-0.2, -0.15) is 0 Å². The van der Waals surface area contributed by atoms with Gasteiger partial charge in [0, 0.05) is 12.1 Å². The Morgan fingerprint density at radius 1 is 1.32 bits per heavy atom. The Hall–Kier alpha value is -1.43. The standard InChI is InChI=1S/C16H18BrF2NO2/c1-16(2,3)22-15(21)20-7-5-4-6-14(20)10-8-13(19)11(17)9-12(10)18/h4,6,8-9,14H,5,7H2,1-3H3. The first kappa shape index (κ1) is 16.9. The second-order valence-electron chi connectivity index (χ2n) is 6.12. The number of nitrogens with zero attached hydrogens (tertiary/aromatic N) is 1. The predicted octanol–water partition coefficient (Wildman–Crippen LogP) is 4.97. The van der Waals surface area contributed by atoms with Crippen LogP contribution in [0.4, 0.5) is 13.6 Å². The fourth-order valence-corrected chi connectivity index (χ4v) is 2.56. The van der Waals surface area contributed by atoms with Crippen molar-refractivity contribution >= 4 is 22.0 Å². The normalized spacial score (nSPS) is 18.5. The van der Waals surface area contributed by atoms with Gasteiger partial charge in [0.2, 0.25) is 0 Å². The molecule has 3 nitrogen and oxygen atoms in total. The van der Waals surface area contributed by atoms with Crippen molar-refractivity contribution in [1.82, 2.24) is 4.90 Å². The highest BCUT2D eigenvalue weighted by atomic mass is 79.9. The molecule has 0 saturated carbocycles. The molecule has 2 rings (SSSR count). The number of carbonyl (C=O) groups is 1. The largest absolute Gasteiger partial charge is 0.444 e. The number of halogens is 3. The van der Waals surface area contributed by atoms with Crippen LogP contribution in [-0.2, 0) is 4.74 Å². The summed E-state index contributed by atoms with van der Waals surface area (Å²) in [4.78, 5) is 13.7. The molecule has 1 unspecified atom stereocenters. The molecule has 1 amide bonds. The number of hydrogen-bond acceptors (Lipinski definition) is 2. The van der Waals surface area contributed by atoms with E-state index in [0.717, 1.165) is 12.1 Å². The number of rotatable bonds is 1. The summed E-state index contributed by atoms with van der Waals surface area (Å²) in [6.07, 6.45) is 3.66. The average Bonchev–Trinajstić information content (AvgIpc) is 2.41. The van der Waals surface area contributed by atoms with Gasteiger partial charge < -0.3 is 4.74 Å². The van der Waals surface area contributed by atoms with E-state index in [9.17, 15) is 13.6 Å². The molecule has 0 aromatic heterocycles. The number of amides is 1. The van der Waals surface area contributed by atoms with E-state index in [0.29, 0.717) is 13.0 Å². The lowest BCUT2D eigenvalue weighted by Gasteiger charge is -2.34. The highest BCUT2D eigenvalue weighted by Gasteiger charge is 2.31. The highest BCUT2D eigenvalue weighted by molar-refractivity contribution is 9.10. The summed E-state index contributed by atoms with van der Waals surface area (Å²) in [5.74, 6) is -1.14. The minimum Gasteiger partial charge on any atom is -0.444 e. The molecule has 22 heavy (non-hydrogen) atoms. The van der Waals surface area contributed by atoms with Gasteiger partial charge >= 0.3 is 6.09 Å². The molecule has 1 atom stereocenters. The fourth-order valence-electron chi connectivity index (χ4n) is 2.24. The monoisotopic (exact) mass is 373 g/mol. The number of ether oxygens (including phenoxy) is 1. The third-order valence-corrected chi connectivity index (χ3v) is 3.78. The molecule has 0 spiro atoms. The maximum Gasteiger partial charge on any atom is 0.411 e. The zero-order valence-corrected chi connectivity index (χ0v) is 14.3. The molecule has 1 aromatic rings. The maximum atomic E-state index is 14.2. The fraction of sp³-hybridized carbons (Fsp3) is 0.438. The maximum absolute atomic E-state index is 14.2. The van der Waals surface area contributed by atoms with Gasteiger partial charge in [-0.15, -0.1) is 0 Å². The summed E-state index contributed by atoms with van der Waals surface area (Å²) in [5, 5.41) is 0. The van der Waals surface area contributed by atoms with E-state index in [1.165, 1.54) is 4.90 Å². The molecule has 0 bridgehead atoms. The third kappa shape index (κ3) is 3.85. The SMILES string of the molecule is CC(C)(C)OC(=O)N1CCC=CC1c1cc(F)c(Br)cc1F. The highest BCUT2D eigenvalue weighted by Crippen LogP contribution is 2.32. The topological polar surface area (TPSA) is 29.5 Å². The Labute approximate surface area is 137 Å². The Morgan fingerprint density at radius 2 is 2.00 bits per heavy atom. The summed E-state index contributed by atoms with van der Waals surface area (Å²) in [6.45, 7) is 5.69. The van der Waals surface area contributed by atoms with Gasteiger partial charge in [0.15, 0.2) is 0 Å². The lowest BCUT2D eigenvalue weighted by Crippen LogP contribution is -2.40. The van der Waals surface area contributed by atoms with Crippen LogP contribution in [0.2, 0.25) is 0 Å². The summed E-state index contributed by atoms with van der Waals surface area (Å²) in [6, 6.07) is 1.50. The van der Waals surface area contributed by atoms with Gasteiger partial charge in [0.25, 0.3) is 0 Å². The zero-order valence-electron chi connectivity index (χ0n) is 12.7. The van der Waals surface area contributed by atoms with Crippen LogP contribution in [0.25, 0.3) is 0 Å². The van der Waals surface area contributed by atoms with E-state index < -0.39 is 29.4 Å². The molecular formula is C16H18BrF2NO2. The molecule has 120 valence electrons. The van der Waals surface area contributed by atoms with Gasteiger partial charge in [-0.3, -0.25) is 4.90 Å². The second kappa shape index (κ2) is 6.36. The van der Waals surface area contributed by atoms with E-state index in [2.05, 4.69) is 15.9 Å². The Morgan fingerprint density at radius 3 is 2.64 bits per heavy atom. The number of hydrogen-bond donors (Lipinski definition) is 0. The van der Waals surface area contributed by atoms with Gasteiger partial charge in [0.1, 0.15) is 17.2 Å². The lowest BCUT2D eigenvalue weighted by molar-refractivity contribution is 0.0187. The minimum absolute atomic E-state index is 0.0531. The molecule has 1 aliphatic rings. The van der Waals surface area contributed by atoms with E-state index >= 15 is 0 Å². The summed E-state index contributed by atoms with van der Waals surface area (Å²) in [7, 11) is 0. The van der Waals surface area contributed by atoms with Crippen molar-refractivity contribution in [3.8, 4) is 0 Å². The van der Waals surface area contributed by atoms with E-state index in [4.69, 9.17) is 4.74 Å². The van der Waals surface area contributed by atoms with Crippen LogP contribution in [0.3, 0.4) is 0 Å². The summed E-state index contributed by atoms with van der Waals surface area (Å²) < 4.78 is 33.3. The Balaban J connectivity index is 2.35. The van der Waals surface area contributed by atoms with Crippen molar-refractivity contribution in [3.05, 3.63) is 46.0 Å². The van der Waals surface area contributed by atoms with E-state index in [1.807, 2.05) is 6.08 Å². The lowest BCUT2D eigenvalue weighted by atomic mass is 10.0. The average molecular weight is 374 g/mol. The first-order valence-electron chi connectivity index (χ1n) is 7.00. The molecule has 0 radical (unpaired) electrons. The van der Waals surface area contributed by atoms with Crippen LogP contribution in [-0.4, -0.2) is 23.1 Å². The van der Waals surface area contributed by atoms with Crippen molar-refractivity contribution in [3.63, 3.8) is 0 Å².